The van der Waals surface area contributed by atoms with E-state index >= 15 is 0 Å². The Morgan fingerprint density at radius 3 is 2.56 bits per heavy atom. The normalized spacial score (nSPS) is 20.7. The van der Waals surface area contributed by atoms with Gasteiger partial charge in [-0.3, -0.25) is 4.79 Å². The first-order valence-electron chi connectivity index (χ1n) is 8.98. The minimum absolute atomic E-state index is 0.110. The summed E-state index contributed by atoms with van der Waals surface area (Å²) in [5, 5.41) is 1.31. The number of carbonyl (C=O) groups is 1. The summed E-state index contributed by atoms with van der Waals surface area (Å²) in [5.41, 5.74) is 3.29. The molecule has 3 heterocycles. The highest BCUT2D eigenvalue weighted by Gasteiger charge is 2.40. The van der Waals surface area contributed by atoms with Gasteiger partial charge in [-0.25, -0.2) is 0 Å². The number of thioether (sulfide) groups is 1. The SMILES string of the molecule is CN1c2c(sc3ccccc23)/C(=C/C=C2/Sc3ccccc3C2=O)C1(C)C. The molecule has 27 heavy (non-hydrogen) atoms. The topological polar surface area (TPSA) is 20.3 Å². The molecule has 0 spiro atoms. The van der Waals surface area contributed by atoms with Gasteiger partial charge in [-0.2, -0.15) is 0 Å². The van der Waals surface area contributed by atoms with Crippen LogP contribution in [0.2, 0.25) is 0 Å². The molecule has 1 aromatic heterocycles. The van der Waals surface area contributed by atoms with Gasteiger partial charge in [0, 0.05) is 27.6 Å². The third-order valence-electron chi connectivity index (χ3n) is 5.62. The van der Waals surface area contributed by atoms with Crippen molar-refractivity contribution in [3.05, 3.63) is 76.0 Å². The van der Waals surface area contributed by atoms with E-state index < -0.39 is 0 Å². The first-order chi connectivity index (χ1) is 13.0. The monoisotopic (exact) mass is 389 g/mol. The van der Waals surface area contributed by atoms with Crippen molar-refractivity contribution in [2.24, 2.45) is 0 Å². The van der Waals surface area contributed by atoms with Crippen molar-refractivity contribution in [1.29, 1.82) is 0 Å². The number of benzene rings is 2. The van der Waals surface area contributed by atoms with E-state index in [-0.39, 0.29) is 11.3 Å². The van der Waals surface area contributed by atoms with Crippen molar-refractivity contribution in [2.75, 3.05) is 11.9 Å². The van der Waals surface area contributed by atoms with Gasteiger partial charge in [0.25, 0.3) is 0 Å². The Labute approximate surface area is 167 Å². The molecule has 0 amide bonds. The van der Waals surface area contributed by atoms with E-state index in [1.54, 1.807) is 11.8 Å². The zero-order valence-electron chi connectivity index (χ0n) is 15.4. The van der Waals surface area contributed by atoms with Crippen molar-refractivity contribution in [1.82, 2.24) is 0 Å². The Hall–Kier alpha value is -2.30. The molecular weight excluding hydrogens is 370 g/mol. The summed E-state index contributed by atoms with van der Waals surface area (Å²) >= 11 is 3.41. The molecule has 134 valence electrons. The lowest BCUT2D eigenvalue weighted by Gasteiger charge is -2.31. The average Bonchev–Trinajstić information content (AvgIpc) is 3.24. The number of ketones is 1. The number of rotatable bonds is 1. The second-order valence-electron chi connectivity index (χ2n) is 7.43. The number of anilines is 1. The molecule has 5 rings (SSSR count). The predicted octanol–water partition coefficient (Wildman–Crippen LogP) is 6.39. The van der Waals surface area contributed by atoms with Crippen LogP contribution in [0.25, 0.3) is 15.7 Å². The van der Waals surface area contributed by atoms with Crippen LogP contribution in [0.1, 0.15) is 29.1 Å². The molecule has 2 aliphatic rings. The number of likely N-dealkylation sites (N-methyl/N-ethyl adjacent to an activating group) is 1. The minimum atomic E-state index is -0.110. The summed E-state index contributed by atoms with van der Waals surface area (Å²) in [4.78, 5) is 18.2. The zero-order chi connectivity index (χ0) is 18.8. The summed E-state index contributed by atoms with van der Waals surface area (Å²) in [6, 6.07) is 16.4. The largest absolute Gasteiger partial charge is 0.364 e. The first kappa shape index (κ1) is 16.8. The fraction of sp³-hybridized carbons (Fsp3) is 0.174. The molecule has 0 unspecified atom stereocenters. The van der Waals surface area contributed by atoms with Gasteiger partial charge in [-0.05, 0) is 43.7 Å². The van der Waals surface area contributed by atoms with Gasteiger partial charge in [-0.15, -0.1) is 11.3 Å². The summed E-state index contributed by atoms with van der Waals surface area (Å²) in [5.74, 6) is 0.133. The second kappa shape index (κ2) is 5.85. The lowest BCUT2D eigenvalue weighted by Crippen LogP contribution is -2.37. The molecule has 0 fully saturated rings. The van der Waals surface area contributed by atoms with Gasteiger partial charge < -0.3 is 4.90 Å². The smallest absolute Gasteiger partial charge is 0.200 e. The third-order valence-corrected chi connectivity index (χ3v) is 7.93. The number of Topliss-reactive ketones (excluding diaryl/α,β-unsaturated/α-hetero) is 1. The first-order valence-corrected chi connectivity index (χ1v) is 10.6. The maximum Gasteiger partial charge on any atom is 0.200 e. The van der Waals surface area contributed by atoms with E-state index in [4.69, 9.17) is 0 Å². The molecule has 2 aliphatic heterocycles. The van der Waals surface area contributed by atoms with Crippen molar-refractivity contribution in [3.63, 3.8) is 0 Å². The van der Waals surface area contributed by atoms with Crippen molar-refractivity contribution >= 4 is 50.2 Å². The molecule has 0 aliphatic carbocycles. The molecule has 4 heteroatoms. The fourth-order valence-corrected chi connectivity index (χ4v) is 6.28. The molecule has 0 saturated carbocycles. The van der Waals surface area contributed by atoms with Crippen LogP contribution in [0.3, 0.4) is 0 Å². The number of hydrogen-bond acceptors (Lipinski definition) is 4. The number of thiophene rings is 1. The van der Waals surface area contributed by atoms with Crippen molar-refractivity contribution in [3.8, 4) is 0 Å². The molecule has 2 nitrogen and oxygen atoms in total. The minimum Gasteiger partial charge on any atom is -0.364 e. The van der Waals surface area contributed by atoms with Gasteiger partial charge >= 0.3 is 0 Å². The van der Waals surface area contributed by atoms with E-state index in [0.717, 1.165) is 15.4 Å². The van der Waals surface area contributed by atoms with Gasteiger partial charge in [0.05, 0.1) is 21.0 Å². The van der Waals surface area contributed by atoms with Gasteiger partial charge in [0.2, 0.25) is 5.78 Å². The highest BCUT2D eigenvalue weighted by atomic mass is 32.2. The van der Waals surface area contributed by atoms with Crippen molar-refractivity contribution in [2.45, 2.75) is 24.3 Å². The third kappa shape index (κ3) is 2.36. The van der Waals surface area contributed by atoms with Crippen LogP contribution in [0.5, 0.6) is 0 Å². The number of hydrogen-bond donors (Lipinski definition) is 0. The van der Waals surface area contributed by atoms with Crippen LogP contribution in [0.15, 0.2) is 70.5 Å². The van der Waals surface area contributed by atoms with Crippen LogP contribution in [-0.2, 0) is 0 Å². The molecular formula is C23H19NOS2. The summed E-state index contributed by atoms with van der Waals surface area (Å²) in [6.45, 7) is 4.49. The Kier molecular flexibility index (Phi) is 3.65. The molecule has 2 aromatic carbocycles. The Balaban J connectivity index is 1.63. The highest BCUT2D eigenvalue weighted by Crippen LogP contribution is 2.53. The number of fused-ring (bicyclic) bond motifs is 4. The Morgan fingerprint density at radius 2 is 1.74 bits per heavy atom. The Bertz CT molecular complexity index is 1170. The zero-order valence-corrected chi connectivity index (χ0v) is 17.1. The predicted molar refractivity (Wildman–Crippen MR) is 117 cm³/mol. The number of carbonyl (C=O) groups excluding carboxylic acids is 1. The van der Waals surface area contributed by atoms with Crippen molar-refractivity contribution < 1.29 is 4.79 Å². The summed E-state index contributed by atoms with van der Waals surface area (Å²) in [6.07, 6.45) is 4.17. The van der Waals surface area contributed by atoms with Crippen LogP contribution < -0.4 is 4.90 Å². The lowest BCUT2D eigenvalue weighted by molar-refractivity contribution is 0.104. The van der Waals surface area contributed by atoms with E-state index in [1.165, 1.54) is 26.2 Å². The maximum atomic E-state index is 12.7. The molecule has 0 atom stereocenters. The Morgan fingerprint density at radius 1 is 1.00 bits per heavy atom. The fourth-order valence-electron chi connectivity index (χ4n) is 3.87. The molecule has 0 bridgehead atoms. The van der Waals surface area contributed by atoms with Gasteiger partial charge in [0.1, 0.15) is 0 Å². The van der Waals surface area contributed by atoms with Gasteiger partial charge in [0.15, 0.2) is 0 Å². The van der Waals surface area contributed by atoms with E-state index in [0.29, 0.717) is 0 Å². The van der Waals surface area contributed by atoms with E-state index in [9.17, 15) is 4.79 Å². The quantitative estimate of drug-likeness (QED) is 0.450. The highest BCUT2D eigenvalue weighted by molar-refractivity contribution is 8.04. The van der Waals surface area contributed by atoms with Gasteiger partial charge in [-0.1, -0.05) is 48.2 Å². The molecule has 0 radical (unpaired) electrons. The van der Waals surface area contributed by atoms with Crippen LogP contribution in [0.4, 0.5) is 5.69 Å². The molecule has 0 saturated heterocycles. The number of nitrogens with zero attached hydrogens (tertiary/aromatic N) is 1. The number of allylic oxidation sites excluding steroid dienone is 3. The van der Waals surface area contributed by atoms with Crippen LogP contribution in [-0.4, -0.2) is 18.4 Å². The summed E-state index contributed by atoms with van der Waals surface area (Å²) < 4.78 is 1.31. The summed E-state index contributed by atoms with van der Waals surface area (Å²) in [7, 11) is 2.16. The molecule has 0 N–H and O–H groups in total. The standard InChI is InChI=1S/C23H19NOS2/c1-23(2)16(12-13-19-21(25)15-9-5-7-11-18(15)26-19)22-20(24(23)3)14-8-4-6-10-17(14)27-22/h4-13H,1-3H3/b16-12-,19-13+. The van der Waals surface area contributed by atoms with E-state index in [2.05, 4.69) is 56.1 Å². The van der Waals surface area contributed by atoms with Crippen LogP contribution >= 0.6 is 23.1 Å². The lowest BCUT2D eigenvalue weighted by atomic mass is 9.95. The molecule has 3 aromatic rings. The van der Waals surface area contributed by atoms with Crippen LogP contribution in [0, 0.1) is 0 Å². The second-order valence-corrected chi connectivity index (χ2v) is 9.57. The average molecular weight is 390 g/mol. The van der Waals surface area contributed by atoms with E-state index in [1.807, 2.05) is 41.7 Å². The maximum absolute atomic E-state index is 12.7.